The molecule has 7 nitrogen and oxygen atoms in total. The van der Waals surface area contributed by atoms with E-state index in [9.17, 15) is 0 Å². The SMILES string of the molecule is CCCC(Oc1nc(N)c2cn[nH]c2n1)c1ccncc1. The van der Waals surface area contributed by atoms with Crippen LogP contribution in [0, 0.1) is 0 Å². The number of ether oxygens (including phenoxy) is 1. The van der Waals surface area contributed by atoms with E-state index in [0.29, 0.717) is 16.9 Å². The molecule has 0 spiro atoms. The predicted octanol–water partition coefficient (Wildman–Crippen LogP) is 2.25. The van der Waals surface area contributed by atoms with Crippen LogP contribution < -0.4 is 10.5 Å². The summed E-state index contributed by atoms with van der Waals surface area (Å²) < 4.78 is 5.92. The number of pyridine rings is 1. The lowest BCUT2D eigenvalue weighted by atomic mass is 10.1. The summed E-state index contributed by atoms with van der Waals surface area (Å²) in [6.45, 7) is 2.10. The molecule has 0 saturated carbocycles. The average molecular weight is 284 g/mol. The fraction of sp³-hybridized carbons (Fsp3) is 0.286. The molecule has 0 aliphatic carbocycles. The minimum atomic E-state index is -0.127. The van der Waals surface area contributed by atoms with E-state index in [1.165, 1.54) is 0 Å². The Morgan fingerprint density at radius 1 is 1.29 bits per heavy atom. The summed E-state index contributed by atoms with van der Waals surface area (Å²) in [7, 11) is 0. The normalized spacial score (nSPS) is 12.4. The zero-order valence-electron chi connectivity index (χ0n) is 11.7. The molecule has 0 aromatic carbocycles. The molecular formula is C14H16N6O. The van der Waals surface area contributed by atoms with Crippen LogP contribution in [0.15, 0.2) is 30.7 Å². The van der Waals surface area contributed by atoms with Crippen molar-refractivity contribution in [2.45, 2.75) is 25.9 Å². The van der Waals surface area contributed by atoms with Crippen molar-refractivity contribution in [1.82, 2.24) is 25.1 Å². The molecule has 0 fully saturated rings. The van der Waals surface area contributed by atoms with Gasteiger partial charge in [0.25, 0.3) is 0 Å². The number of H-pyrrole nitrogens is 1. The van der Waals surface area contributed by atoms with Crippen LogP contribution in [0.5, 0.6) is 6.01 Å². The van der Waals surface area contributed by atoms with Crippen molar-refractivity contribution in [2.75, 3.05) is 5.73 Å². The van der Waals surface area contributed by atoms with E-state index in [0.717, 1.165) is 18.4 Å². The van der Waals surface area contributed by atoms with E-state index < -0.39 is 0 Å². The van der Waals surface area contributed by atoms with E-state index in [1.807, 2.05) is 12.1 Å². The molecule has 21 heavy (non-hydrogen) atoms. The van der Waals surface area contributed by atoms with Crippen molar-refractivity contribution in [2.24, 2.45) is 0 Å². The summed E-state index contributed by atoms with van der Waals surface area (Å²) in [5.41, 5.74) is 7.50. The molecule has 7 heteroatoms. The molecule has 3 aromatic heterocycles. The second kappa shape index (κ2) is 5.74. The second-order valence-electron chi connectivity index (χ2n) is 4.70. The smallest absolute Gasteiger partial charge is 0.321 e. The molecule has 3 N–H and O–H groups in total. The van der Waals surface area contributed by atoms with Crippen molar-refractivity contribution in [1.29, 1.82) is 0 Å². The number of aromatic amines is 1. The van der Waals surface area contributed by atoms with Crippen molar-refractivity contribution in [3.8, 4) is 6.01 Å². The summed E-state index contributed by atoms with van der Waals surface area (Å²) in [6, 6.07) is 4.11. The minimum absolute atomic E-state index is 0.127. The number of nitrogens with two attached hydrogens (primary N) is 1. The standard InChI is InChI=1S/C14H16N6O/c1-2-3-11(9-4-6-16-7-5-9)21-14-18-12(15)10-8-17-20-13(10)19-14/h4-8,11H,2-3H2,1H3,(H3,15,17,18,19,20). The number of hydrogen-bond donors (Lipinski definition) is 2. The lowest BCUT2D eigenvalue weighted by Gasteiger charge is -2.17. The van der Waals surface area contributed by atoms with Gasteiger partial charge in [0.05, 0.1) is 11.6 Å². The molecule has 3 heterocycles. The lowest BCUT2D eigenvalue weighted by molar-refractivity contribution is 0.178. The molecule has 0 aliphatic heterocycles. The molecule has 0 saturated heterocycles. The summed E-state index contributed by atoms with van der Waals surface area (Å²) in [5, 5.41) is 7.37. The fourth-order valence-corrected chi connectivity index (χ4v) is 2.15. The Labute approximate surface area is 121 Å². The van der Waals surface area contributed by atoms with Gasteiger partial charge < -0.3 is 10.5 Å². The minimum Gasteiger partial charge on any atom is -0.455 e. The zero-order valence-corrected chi connectivity index (χ0v) is 11.7. The molecule has 108 valence electrons. The molecular weight excluding hydrogens is 268 g/mol. The van der Waals surface area contributed by atoms with Crippen LogP contribution in [0.3, 0.4) is 0 Å². The lowest BCUT2D eigenvalue weighted by Crippen LogP contribution is -2.10. The Balaban J connectivity index is 1.90. The van der Waals surface area contributed by atoms with Gasteiger partial charge in [-0.25, -0.2) is 0 Å². The highest BCUT2D eigenvalue weighted by molar-refractivity contribution is 5.84. The number of anilines is 1. The average Bonchev–Trinajstić information content (AvgIpc) is 2.97. The van der Waals surface area contributed by atoms with Crippen molar-refractivity contribution in [3.63, 3.8) is 0 Å². The Morgan fingerprint density at radius 2 is 2.10 bits per heavy atom. The first-order chi connectivity index (χ1) is 10.3. The highest BCUT2D eigenvalue weighted by atomic mass is 16.5. The second-order valence-corrected chi connectivity index (χ2v) is 4.70. The third-order valence-electron chi connectivity index (χ3n) is 3.20. The zero-order chi connectivity index (χ0) is 14.7. The van der Waals surface area contributed by atoms with Gasteiger partial charge in [-0.1, -0.05) is 13.3 Å². The first-order valence-corrected chi connectivity index (χ1v) is 6.81. The van der Waals surface area contributed by atoms with E-state index in [4.69, 9.17) is 10.5 Å². The van der Waals surface area contributed by atoms with Gasteiger partial charge in [0.2, 0.25) is 0 Å². The summed E-state index contributed by atoms with van der Waals surface area (Å²) in [6.07, 6.45) is 6.80. The third-order valence-corrected chi connectivity index (χ3v) is 3.20. The number of nitrogens with one attached hydrogen (secondary N) is 1. The van der Waals surface area contributed by atoms with Crippen LogP contribution >= 0.6 is 0 Å². The Hall–Kier alpha value is -2.70. The third kappa shape index (κ3) is 2.76. The molecule has 1 atom stereocenters. The van der Waals surface area contributed by atoms with Crippen LogP contribution in [-0.2, 0) is 0 Å². The summed E-state index contributed by atoms with van der Waals surface area (Å²) in [4.78, 5) is 12.5. The summed E-state index contributed by atoms with van der Waals surface area (Å²) >= 11 is 0. The monoisotopic (exact) mass is 284 g/mol. The van der Waals surface area contributed by atoms with Crippen molar-refractivity contribution >= 4 is 16.9 Å². The van der Waals surface area contributed by atoms with Crippen LogP contribution in [-0.4, -0.2) is 25.1 Å². The van der Waals surface area contributed by atoms with Gasteiger partial charge in [-0.3, -0.25) is 10.1 Å². The van der Waals surface area contributed by atoms with Gasteiger partial charge in [-0.15, -0.1) is 0 Å². The number of rotatable bonds is 5. The fourth-order valence-electron chi connectivity index (χ4n) is 2.15. The molecule has 0 bridgehead atoms. The van der Waals surface area contributed by atoms with Gasteiger partial charge in [-0.05, 0) is 24.1 Å². The summed E-state index contributed by atoms with van der Waals surface area (Å²) in [5.74, 6) is 0.355. The van der Waals surface area contributed by atoms with Crippen LogP contribution in [0.25, 0.3) is 11.0 Å². The highest BCUT2D eigenvalue weighted by Gasteiger charge is 2.16. The van der Waals surface area contributed by atoms with E-state index in [2.05, 4.69) is 32.1 Å². The van der Waals surface area contributed by atoms with Gasteiger partial charge >= 0.3 is 6.01 Å². The number of nitrogens with zero attached hydrogens (tertiary/aromatic N) is 4. The largest absolute Gasteiger partial charge is 0.455 e. The van der Waals surface area contributed by atoms with Crippen LogP contribution in [0.4, 0.5) is 5.82 Å². The van der Waals surface area contributed by atoms with Crippen LogP contribution in [0.2, 0.25) is 0 Å². The maximum Gasteiger partial charge on any atom is 0.321 e. The number of aromatic nitrogens is 5. The molecule has 3 aromatic rings. The van der Waals surface area contributed by atoms with E-state index >= 15 is 0 Å². The van der Waals surface area contributed by atoms with E-state index in [-0.39, 0.29) is 12.1 Å². The maximum absolute atomic E-state index is 5.92. The number of fused-ring (bicyclic) bond motifs is 1. The van der Waals surface area contributed by atoms with Crippen molar-refractivity contribution in [3.05, 3.63) is 36.3 Å². The number of hydrogen-bond acceptors (Lipinski definition) is 6. The first-order valence-electron chi connectivity index (χ1n) is 6.81. The van der Waals surface area contributed by atoms with E-state index in [1.54, 1.807) is 18.6 Å². The Bertz CT molecular complexity index is 727. The Kier molecular flexibility index (Phi) is 3.63. The molecule has 0 aliphatic rings. The van der Waals surface area contributed by atoms with Gasteiger partial charge in [0.15, 0.2) is 5.65 Å². The molecule has 0 radical (unpaired) electrons. The number of nitrogen functional groups attached to an aromatic ring is 1. The first kappa shape index (κ1) is 13.3. The van der Waals surface area contributed by atoms with Crippen molar-refractivity contribution < 1.29 is 4.74 Å². The topological polar surface area (TPSA) is 103 Å². The molecule has 3 rings (SSSR count). The van der Waals surface area contributed by atoms with Gasteiger partial charge in [0, 0.05) is 12.4 Å². The highest BCUT2D eigenvalue weighted by Crippen LogP contribution is 2.25. The Morgan fingerprint density at radius 3 is 2.86 bits per heavy atom. The van der Waals surface area contributed by atoms with Gasteiger partial charge in [0.1, 0.15) is 11.9 Å². The van der Waals surface area contributed by atoms with Gasteiger partial charge in [-0.2, -0.15) is 15.1 Å². The maximum atomic E-state index is 5.92. The molecule has 1 unspecified atom stereocenters. The predicted molar refractivity (Wildman–Crippen MR) is 78.6 cm³/mol. The van der Waals surface area contributed by atoms with Crippen LogP contribution in [0.1, 0.15) is 31.4 Å². The quantitative estimate of drug-likeness (QED) is 0.745. The molecule has 0 amide bonds.